The number of rotatable bonds is 6. The van der Waals surface area contributed by atoms with Gasteiger partial charge in [-0.25, -0.2) is 0 Å². The van der Waals surface area contributed by atoms with Crippen LogP contribution in [-0.2, 0) is 0 Å². The predicted molar refractivity (Wildman–Crippen MR) is 103 cm³/mol. The van der Waals surface area contributed by atoms with Crippen LogP contribution in [0.25, 0.3) is 11.1 Å². The first-order chi connectivity index (χ1) is 12.6. The Morgan fingerprint density at radius 1 is 1.08 bits per heavy atom. The average Bonchev–Trinajstić information content (AvgIpc) is 3.17. The Bertz CT molecular complexity index is 723. The van der Waals surface area contributed by atoms with Gasteiger partial charge >= 0.3 is 0 Å². The molecule has 5 heteroatoms. The quantitative estimate of drug-likeness (QED) is 0.813. The van der Waals surface area contributed by atoms with Gasteiger partial charge in [0.25, 0.3) is 5.91 Å². The van der Waals surface area contributed by atoms with Crippen LogP contribution in [0.15, 0.2) is 30.6 Å². The summed E-state index contributed by atoms with van der Waals surface area (Å²) in [6.07, 6.45) is 8.52. The first-order valence-corrected chi connectivity index (χ1v) is 9.29. The maximum Gasteiger partial charge on any atom is 0.253 e. The van der Waals surface area contributed by atoms with Gasteiger partial charge in [-0.1, -0.05) is 19.8 Å². The van der Waals surface area contributed by atoms with Gasteiger partial charge in [0.05, 0.1) is 19.8 Å². The number of amides is 1. The van der Waals surface area contributed by atoms with Crippen molar-refractivity contribution in [1.82, 2.24) is 10.3 Å². The molecule has 1 fully saturated rings. The molecule has 140 valence electrons. The molecule has 26 heavy (non-hydrogen) atoms. The summed E-state index contributed by atoms with van der Waals surface area (Å²) in [4.78, 5) is 15.8. The van der Waals surface area contributed by atoms with Gasteiger partial charge < -0.3 is 19.8 Å². The Kier molecular flexibility index (Phi) is 5.86. The van der Waals surface area contributed by atoms with Gasteiger partial charge in [0.2, 0.25) is 0 Å². The second kappa shape index (κ2) is 8.30. The number of aromatic nitrogens is 1. The fraction of sp³-hybridized carbons (Fsp3) is 0.476. The Balaban J connectivity index is 1.73. The van der Waals surface area contributed by atoms with E-state index in [0.29, 0.717) is 23.0 Å². The third kappa shape index (κ3) is 4.21. The normalized spacial score (nSPS) is 19.8. The Labute approximate surface area is 155 Å². The molecular formula is C21H28N2O3. The van der Waals surface area contributed by atoms with E-state index in [1.54, 1.807) is 20.4 Å². The second-order valence-electron chi connectivity index (χ2n) is 7.22. The van der Waals surface area contributed by atoms with Gasteiger partial charge in [-0.05, 0) is 42.4 Å². The molecule has 0 unspecified atom stereocenters. The number of aromatic amines is 1. The highest BCUT2D eigenvalue weighted by Gasteiger charge is 2.20. The molecule has 1 aliphatic rings. The number of hydrogen-bond donors (Lipinski definition) is 2. The summed E-state index contributed by atoms with van der Waals surface area (Å²) in [5.41, 5.74) is 2.38. The highest BCUT2D eigenvalue weighted by Crippen LogP contribution is 2.32. The predicted octanol–water partition coefficient (Wildman–Crippen LogP) is 4.26. The number of ether oxygens (including phenoxy) is 2. The van der Waals surface area contributed by atoms with Crippen LogP contribution in [0.4, 0.5) is 0 Å². The van der Waals surface area contributed by atoms with Gasteiger partial charge in [0, 0.05) is 30.6 Å². The van der Waals surface area contributed by atoms with Crippen LogP contribution in [-0.4, -0.2) is 31.7 Å². The Hall–Kier alpha value is -2.43. The zero-order chi connectivity index (χ0) is 18.5. The maximum absolute atomic E-state index is 12.7. The van der Waals surface area contributed by atoms with E-state index in [1.165, 1.54) is 25.7 Å². The van der Waals surface area contributed by atoms with Crippen molar-refractivity contribution in [3.05, 3.63) is 36.2 Å². The number of H-pyrrole nitrogens is 1. The summed E-state index contributed by atoms with van der Waals surface area (Å²) in [6.45, 7) is 3.06. The molecule has 5 nitrogen and oxygen atoms in total. The van der Waals surface area contributed by atoms with Crippen molar-refractivity contribution in [3.8, 4) is 22.6 Å². The van der Waals surface area contributed by atoms with Crippen LogP contribution >= 0.6 is 0 Å². The van der Waals surface area contributed by atoms with Crippen molar-refractivity contribution in [2.24, 2.45) is 11.8 Å². The van der Waals surface area contributed by atoms with Gasteiger partial charge in [0.15, 0.2) is 0 Å². The zero-order valence-electron chi connectivity index (χ0n) is 15.8. The zero-order valence-corrected chi connectivity index (χ0v) is 15.8. The number of carbonyl (C=O) groups is 1. The molecule has 3 rings (SSSR count). The first kappa shape index (κ1) is 18.4. The van der Waals surface area contributed by atoms with Crippen molar-refractivity contribution < 1.29 is 14.3 Å². The minimum absolute atomic E-state index is 0.0401. The maximum atomic E-state index is 12.7. The minimum atomic E-state index is -0.0401. The monoisotopic (exact) mass is 356 g/mol. The van der Waals surface area contributed by atoms with E-state index < -0.39 is 0 Å². The fourth-order valence-electron chi connectivity index (χ4n) is 3.62. The van der Waals surface area contributed by atoms with Gasteiger partial charge in [-0.2, -0.15) is 0 Å². The molecule has 1 amide bonds. The van der Waals surface area contributed by atoms with Crippen LogP contribution in [0.1, 0.15) is 43.0 Å². The van der Waals surface area contributed by atoms with E-state index in [0.717, 1.165) is 23.6 Å². The van der Waals surface area contributed by atoms with Gasteiger partial charge in [-0.15, -0.1) is 0 Å². The smallest absolute Gasteiger partial charge is 0.253 e. The molecule has 1 saturated carbocycles. The lowest BCUT2D eigenvalue weighted by atomic mass is 9.83. The molecule has 2 aromatic rings. The molecule has 1 aliphatic carbocycles. The van der Waals surface area contributed by atoms with Gasteiger partial charge in [0.1, 0.15) is 11.5 Å². The third-order valence-electron chi connectivity index (χ3n) is 5.34. The van der Waals surface area contributed by atoms with E-state index in [2.05, 4.69) is 17.2 Å². The van der Waals surface area contributed by atoms with Crippen LogP contribution < -0.4 is 14.8 Å². The average molecular weight is 356 g/mol. The van der Waals surface area contributed by atoms with E-state index in [1.807, 2.05) is 24.4 Å². The summed E-state index contributed by atoms with van der Waals surface area (Å²) in [5, 5.41) is 3.12. The second-order valence-corrected chi connectivity index (χ2v) is 7.22. The van der Waals surface area contributed by atoms with E-state index >= 15 is 0 Å². The summed E-state index contributed by atoms with van der Waals surface area (Å²) in [5.74, 6) is 2.77. The lowest BCUT2D eigenvalue weighted by molar-refractivity contribution is 0.0942. The molecule has 1 aromatic carbocycles. The Morgan fingerprint density at radius 3 is 2.35 bits per heavy atom. The molecule has 0 radical (unpaired) electrons. The summed E-state index contributed by atoms with van der Waals surface area (Å²) < 4.78 is 10.7. The standard InChI is InChI=1S/C21H28N2O3/c1-14-4-6-15(7-5-14)11-23-21(24)20-13-22-12-19(20)16-8-17(25-2)10-18(9-16)26-3/h8-10,12-15,22H,4-7,11H2,1-3H3,(H,23,24). The van der Waals surface area contributed by atoms with Crippen molar-refractivity contribution in [2.45, 2.75) is 32.6 Å². The third-order valence-corrected chi connectivity index (χ3v) is 5.34. The molecule has 1 aromatic heterocycles. The molecule has 2 N–H and O–H groups in total. The van der Waals surface area contributed by atoms with E-state index in [9.17, 15) is 4.79 Å². The highest BCUT2D eigenvalue weighted by molar-refractivity contribution is 6.01. The molecule has 0 spiro atoms. The molecule has 0 saturated heterocycles. The van der Waals surface area contributed by atoms with Gasteiger partial charge in [-0.3, -0.25) is 4.79 Å². The van der Waals surface area contributed by atoms with E-state index in [4.69, 9.17) is 9.47 Å². The number of benzene rings is 1. The van der Waals surface area contributed by atoms with Crippen LogP contribution in [0.5, 0.6) is 11.5 Å². The lowest BCUT2D eigenvalue weighted by Gasteiger charge is -2.26. The first-order valence-electron chi connectivity index (χ1n) is 9.29. The van der Waals surface area contributed by atoms with Crippen molar-refractivity contribution in [2.75, 3.05) is 20.8 Å². The molecule has 0 bridgehead atoms. The summed E-state index contributed by atoms with van der Waals surface area (Å²) in [7, 11) is 3.24. The van der Waals surface area contributed by atoms with Crippen LogP contribution in [0.2, 0.25) is 0 Å². The molecule has 1 heterocycles. The number of carbonyl (C=O) groups excluding carboxylic acids is 1. The highest BCUT2D eigenvalue weighted by atomic mass is 16.5. The largest absolute Gasteiger partial charge is 0.497 e. The lowest BCUT2D eigenvalue weighted by Crippen LogP contribution is -2.31. The van der Waals surface area contributed by atoms with Crippen molar-refractivity contribution >= 4 is 5.91 Å². The summed E-state index contributed by atoms with van der Waals surface area (Å²) in [6, 6.07) is 5.63. The van der Waals surface area contributed by atoms with Crippen molar-refractivity contribution in [3.63, 3.8) is 0 Å². The summed E-state index contributed by atoms with van der Waals surface area (Å²) >= 11 is 0. The number of methoxy groups -OCH3 is 2. The number of nitrogens with one attached hydrogen (secondary N) is 2. The van der Waals surface area contributed by atoms with E-state index in [-0.39, 0.29) is 5.91 Å². The fourth-order valence-corrected chi connectivity index (χ4v) is 3.62. The number of hydrogen-bond acceptors (Lipinski definition) is 3. The van der Waals surface area contributed by atoms with Crippen molar-refractivity contribution in [1.29, 1.82) is 0 Å². The minimum Gasteiger partial charge on any atom is -0.497 e. The Morgan fingerprint density at radius 2 is 1.73 bits per heavy atom. The topological polar surface area (TPSA) is 63.4 Å². The molecular weight excluding hydrogens is 328 g/mol. The van der Waals surface area contributed by atoms with Crippen LogP contribution in [0, 0.1) is 11.8 Å². The van der Waals surface area contributed by atoms with Crippen LogP contribution in [0.3, 0.4) is 0 Å². The molecule has 0 aliphatic heterocycles. The SMILES string of the molecule is COc1cc(OC)cc(-c2c[nH]cc2C(=O)NCC2CCC(C)CC2)c1. The molecule has 0 atom stereocenters.